The molecular weight excluding hydrogens is 390 g/mol. The van der Waals surface area contributed by atoms with E-state index in [-0.39, 0.29) is 17.9 Å². The van der Waals surface area contributed by atoms with Crippen molar-refractivity contribution < 1.29 is 9.59 Å². The number of halogens is 1. The normalized spacial score (nSPS) is 15.3. The van der Waals surface area contributed by atoms with Crippen LogP contribution in [0.2, 0.25) is 5.02 Å². The summed E-state index contributed by atoms with van der Waals surface area (Å²) in [4.78, 5) is 26.2. The molecule has 7 nitrogen and oxygen atoms in total. The molecule has 1 saturated heterocycles. The van der Waals surface area contributed by atoms with Crippen LogP contribution in [0.5, 0.6) is 0 Å². The summed E-state index contributed by atoms with van der Waals surface area (Å²) in [5.74, 6) is 0.0349. The van der Waals surface area contributed by atoms with E-state index in [1.54, 1.807) is 7.05 Å². The highest BCUT2D eigenvalue weighted by atomic mass is 35.5. The van der Waals surface area contributed by atoms with Gasteiger partial charge in [0.1, 0.15) is 0 Å². The maximum atomic E-state index is 12.6. The maximum Gasteiger partial charge on any atom is 0.233 e. The molecule has 0 aliphatic carbocycles. The van der Waals surface area contributed by atoms with Gasteiger partial charge in [0.15, 0.2) is 0 Å². The second-order valence-electron chi connectivity index (χ2n) is 7.51. The number of nitrogens with zero attached hydrogens (tertiary/aromatic N) is 3. The third-order valence-corrected chi connectivity index (χ3v) is 5.70. The summed E-state index contributed by atoms with van der Waals surface area (Å²) in [6, 6.07) is 7.64. The quantitative estimate of drug-likeness (QED) is 0.753. The number of aromatic nitrogens is 2. The van der Waals surface area contributed by atoms with Crippen molar-refractivity contribution in [3.63, 3.8) is 0 Å². The van der Waals surface area contributed by atoms with Gasteiger partial charge in [-0.3, -0.25) is 14.5 Å². The highest BCUT2D eigenvalue weighted by Crippen LogP contribution is 2.20. The lowest BCUT2D eigenvalue weighted by molar-refractivity contribution is -0.123. The van der Waals surface area contributed by atoms with E-state index in [1.807, 2.05) is 42.8 Å². The second-order valence-corrected chi connectivity index (χ2v) is 7.94. The van der Waals surface area contributed by atoms with Crippen molar-refractivity contribution in [1.82, 2.24) is 25.3 Å². The highest BCUT2D eigenvalue weighted by Gasteiger charge is 2.23. The van der Waals surface area contributed by atoms with E-state index in [0.29, 0.717) is 18.0 Å². The molecule has 0 atom stereocenters. The van der Waals surface area contributed by atoms with Crippen LogP contribution in [0.4, 0.5) is 0 Å². The van der Waals surface area contributed by atoms with Gasteiger partial charge in [-0.15, -0.1) is 0 Å². The number of likely N-dealkylation sites (tertiary alicyclic amines) is 1. The number of likely N-dealkylation sites (N-methyl/N-ethyl adjacent to an activating group) is 1. The van der Waals surface area contributed by atoms with Crippen LogP contribution in [0.15, 0.2) is 24.3 Å². The van der Waals surface area contributed by atoms with Crippen LogP contribution in [0.1, 0.15) is 29.8 Å². The third-order valence-electron chi connectivity index (χ3n) is 5.45. The van der Waals surface area contributed by atoms with Crippen molar-refractivity contribution in [2.45, 2.75) is 39.2 Å². The molecule has 2 amide bonds. The Morgan fingerprint density at radius 1 is 1.14 bits per heavy atom. The van der Waals surface area contributed by atoms with Crippen LogP contribution < -0.4 is 10.6 Å². The van der Waals surface area contributed by atoms with Crippen LogP contribution >= 0.6 is 11.6 Å². The van der Waals surface area contributed by atoms with Gasteiger partial charge >= 0.3 is 0 Å². The van der Waals surface area contributed by atoms with Crippen LogP contribution in [0, 0.1) is 13.8 Å². The van der Waals surface area contributed by atoms with E-state index in [9.17, 15) is 9.59 Å². The Kier molecular flexibility index (Phi) is 6.92. The molecule has 1 fully saturated rings. The van der Waals surface area contributed by atoms with Crippen molar-refractivity contribution >= 4 is 23.4 Å². The van der Waals surface area contributed by atoms with Gasteiger partial charge in [0.2, 0.25) is 11.8 Å². The number of nitrogens with one attached hydrogen (secondary N) is 2. The maximum absolute atomic E-state index is 12.6. The summed E-state index contributed by atoms with van der Waals surface area (Å²) in [5, 5.41) is 11.1. The van der Waals surface area contributed by atoms with Crippen molar-refractivity contribution in [3.8, 4) is 5.69 Å². The molecule has 8 heteroatoms. The summed E-state index contributed by atoms with van der Waals surface area (Å²) >= 11 is 5.97. The largest absolute Gasteiger partial charge is 0.358 e. The van der Waals surface area contributed by atoms with Crippen molar-refractivity contribution in [2.75, 3.05) is 26.7 Å². The van der Waals surface area contributed by atoms with E-state index in [4.69, 9.17) is 11.6 Å². The molecule has 156 valence electrons. The SMILES string of the molecule is CNC(=O)CN1CCC(NC(=O)Cc2c(C)nn(-c3ccc(Cl)cc3)c2C)CC1. The summed E-state index contributed by atoms with van der Waals surface area (Å²) in [5.41, 5.74) is 3.69. The van der Waals surface area contributed by atoms with Gasteiger partial charge < -0.3 is 10.6 Å². The van der Waals surface area contributed by atoms with Crippen LogP contribution in [-0.4, -0.2) is 59.2 Å². The first-order valence-electron chi connectivity index (χ1n) is 9.90. The van der Waals surface area contributed by atoms with Gasteiger partial charge in [-0.1, -0.05) is 11.6 Å². The molecule has 0 unspecified atom stereocenters. The first-order valence-corrected chi connectivity index (χ1v) is 10.3. The first-order chi connectivity index (χ1) is 13.9. The molecule has 0 bridgehead atoms. The molecule has 0 saturated carbocycles. The van der Waals surface area contributed by atoms with Crippen LogP contribution in [0.25, 0.3) is 5.69 Å². The number of hydrogen-bond donors (Lipinski definition) is 2. The molecule has 0 radical (unpaired) electrons. The lowest BCUT2D eigenvalue weighted by atomic mass is 10.0. The lowest BCUT2D eigenvalue weighted by Gasteiger charge is -2.31. The molecule has 29 heavy (non-hydrogen) atoms. The number of piperidine rings is 1. The Balaban J connectivity index is 1.57. The monoisotopic (exact) mass is 417 g/mol. The van der Waals surface area contributed by atoms with Gasteiger partial charge in [-0.25, -0.2) is 4.68 Å². The van der Waals surface area contributed by atoms with Crippen molar-refractivity contribution in [1.29, 1.82) is 0 Å². The zero-order valence-electron chi connectivity index (χ0n) is 17.2. The number of benzene rings is 1. The Labute approximate surface area is 176 Å². The fourth-order valence-corrected chi connectivity index (χ4v) is 3.85. The summed E-state index contributed by atoms with van der Waals surface area (Å²) in [6.07, 6.45) is 2.01. The molecule has 1 aliphatic heterocycles. The van der Waals surface area contributed by atoms with Crippen molar-refractivity contribution in [2.24, 2.45) is 0 Å². The number of carbonyl (C=O) groups is 2. The molecule has 2 heterocycles. The zero-order valence-corrected chi connectivity index (χ0v) is 17.9. The first kappa shape index (κ1) is 21.3. The highest BCUT2D eigenvalue weighted by molar-refractivity contribution is 6.30. The molecule has 2 N–H and O–H groups in total. The van der Waals surface area contributed by atoms with E-state index in [1.165, 1.54) is 0 Å². The fourth-order valence-electron chi connectivity index (χ4n) is 3.72. The van der Waals surface area contributed by atoms with E-state index >= 15 is 0 Å². The number of aryl methyl sites for hydroxylation is 1. The van der Waals surface area contributed by atoms with E-state index < -0.39 is 0 Å². The summed E-state index contributed by atoms with van der Waals surface area (Å²) < 4.78 is 1.85. The zero-order chi connectivity index (χ0) is 21.0. The minimum atomic E-state index is 0.0107. The second kappa shape index (κ2) is 9.41. The van der Waals surface area contributed by atoms with Crippen LogP contribution in [0.3, 0.4) is 0 Å². The summed E-state index contributed by atoms with van der Waals surface area (Å²) in [7, 11) is 1.65. The molecule has 2 aromatic rings. The Hall–Kier alpha value is -2.38. The number of hydrogen-bond acceptors (Lipinski definition) is 4. The Morgan fingerprint density at radius 3 is 2.41 bits per heavy atom. The molecule has 1 aromatic heterocycles. The lowest BCUT2D eigenvalue weighted by Crippen LogP contribution is -2.47. The van der Waals surface area contributed by atoms with E-state index in [2.05, 4.69) is 20.6 Å². The molecular formula is C21H28ClN5O2. The topological polar surface area (TPSA) is 79.3 Å². The fraction of sp³-hybridized carbons (Fsp3) is 0.476. The Morgan fingerprint density at radius 2 is 1.79 bits per heavy atom. The van der Waals surface area contributed by atoms with Crippen molar-refractivity contribution in [3.05, 3.63) is 46.2 Å². The van der Waals surface area contributed by atoms with E-state index in [0.717, 1.165) is 48.6 Å². The van der Waals surface area contributed by atoms with Gasteiger partial charge in [0, 0.05) is 42.5 Å². The molecule has 0 spiro atoms. The third kappa shape index (κ3) is 5.36. The molecule has 1 aliphatic rings. The minimum Gasteiger partial charge on any atom is -0.358 e. The number of rotatable bonds is 6. The summed E-state index contributed by atoms with van der Waals surface area (Å²) in [6.45, 7) is 5.95. The van der Waals surface area contributed by atoms with Crippen LogP contribution in [-0.2, 0) is 16.0 Å². The molecule has 1 aromatic carbocycles. The minimum absolute atomic E-state index is 0.0107. The number of carbonyl (C=O) groups excluding carboxylic acids is 2. The average Bonchev–Trinajstić information content (AvgIpc) is 2.98. The van der Waals surface area contributed by atoms with Gasteiger partial charge in [0.25, 0.3) is 0 Å². The van der Waals surface area contributed by atoms with Gasteiger partial charge in [-0.2, -0.15) is 5.10 Å². The Bertz CT molecular complexity index is 870. The van der Waals surface area contributed by atoms with Gasteiger partial charge in [-0.05, 0) is 51.0 Å². The standard InChI is InChI=1S/C21H28ClN5O2/c1-14-19(15(2)27(25-14)18-6-4-16(22)5-7-18)12-20(28)24-17-8-10-26(11-9-17)13-21(29)23-3/h4-7,17H,8-13H2,1-3H3,(H,23,29)(H,24,28). The molecule has 3 rings (SSSR count). The van der Waals surface area contributed by atoms with Gasteiger partial charge in [0.05, 0.1) is 24.3 Å². The number of amides is 2. The average molecular weight is 418 g/mol. The smallest absolute Gasteiger partial charge is 0.233 e. The predicted molar refractivity (Wildman–Crippen MR) is 113 cm³/mol. The predicted octanol–water partition coefficient (Wildman–Crippen LogP) is 2.01.